The molecule has 2 heterocycles. The number of amides is 2. The molecule has 1 aliphatic heterocycles. The molecule has 0 radical (unpaired) electrons. The Bertz CT molecular complexity index is 471. The molecule has 102 valence electrons. The summed E-state index contributed by atoms with van der Waals surface area (Å²) in [7, 11) is 0. The van der Waals surface area contributed by atoms with E-state index in [2.05, 4.69) is 15.3 Å². The summed E-state index contributed by atoms with van der Waals surface area (Å²) in [5, 5.41) is 2.83. The van der Waals surface area contributed by atoms with E-state index in [9.17, 15) is 9.59 Å². The van der Waals surface area contributed by atoms with Crippen LogP contribution in [0.5, 0.6) is 0 Å². The van der Waals surface area contributed by atoms with E-state index in [4.69, 9.17) is 0 Å². The van der Waals surface area contributed by atoms with Gasteiger partial charge in [0.1, 0.15) is 18.4 Å². The van der Waals surface area contributed by atoms with Gasteiger partial charge < -0.3 is 10.2 Å². The first-order valence-corrected chi connectivity index (χ1v) is 6.46. The molecule has 0 saturated carbocycles. The van der Waals surface area contributed by atoms with Crippen LogP contribution in [0.2, 0.25) is 0 Å². The zero-order chi connectivity index (χ0) is 13.9. The molecule has 1 aliphatic rings. The van der Waals surface area contributed by atoms with E-state index in [1.54, 1.807) is 17.2 Å². The van der Waals surface area contributed by atoms with E-state index in [-0.39, 0.29) is 18.4 Å². The quantitative estimate of drug-likeness (QED) is 0.857. The summed E-state index contributed by atoms with van der Waals surface area (Å²) in [5.41, 5.74) is -0.0262. The van der Waals surface area contributed by atoms with Gasteiger partial charge in [0.2, 0.25) is 11.8 Å². The molecule has 6 nitrogen and oxygen atoms in total. The second-order valence-corrected chi connectivity index (χ2v) is 4.70. The Morgan fingerprint density at radius 3 is 2.68 bits per heavy atom. The van der Waals surface area contributed by atoms with Crippen LogP contribution < -0.4 is 5.32 Å². The van der Waals surface area contributed by atoms with Crippen molar-refractivity contribution in [2.75, 3.05) is 6.54 Å². The predicted octanol–water partition coefficient (Wildman–Crippen LogP) is 0.494. The summed E-state index contributed by atoms with van der Waals surface area (Å²) in [4.78, 5) is 33.8. The molecular formula is C13H18N4O2. The molecule has 2 rings (SSSR count). The molecule has 0 unspecified atom stereocenters. The molecule has 2 amide bonds. The van der Waals surface area contributed by atoms with Gasteiger partial charge in [0, 0.05) is 6.20 Å². The van der Waals surface area contributed by atoms with E-state index >= 15 is 0 Å². The van der Waals surface area contributed by atoms with Crippen molar-refractivity contribution in [3.05, 3.63) is 24.3 Å². The van der Waals surface area contributed by atoms with Gasteiger partial charge in [0.25, 0.3) is 0 Å². The minimum atomic E-state index is -0.762. The Morgan fingerprint density at radius 1 is 1.37 bits per heavy atom. The largest absolute Gasteiger partial charge is 0.340 e. The van der Waals surface area contributed by atoms with Gasteiger partial charge in [0.15, 0.2) is 0 Å². The Kier molecular flexibility index (Phi) is 3.78. The van der Waals surface area contributed by atoms with Gasteiger partial charge in [-0.25, -0.2) is 9.97 Å². The van der Waals surface area contributed by atoms with Crippen molar-refractivity contribution in [2.45, 2.75) is 38.8 Å². The van der Waals surface area contributed by atoms with E-state index in [1.165, 1.54) is 6.33 Å². The highest BCUT2D eigenvalue weighted by Crippen LogP contribution is 2.23. The van der Waals surface area contributed by atoms with Crippen LogP contribution in [-0.2, 0) is 16.1 Å². The van der Waals surface area contributed by atoms with E-state index in [1.807, 2.05) is 13.8 Å². The van der Waals surface area contributed by atoms with Crippen LogP contribution >= 0.6 is 0 Å². The smallest absolute Gasteiger partial charge is 0.249 e. The number of carbonyl (C=O) groups excluding carboxylic acids is 2. The van der Waals surface area contributed by atoms with Gasteiger partial charge >= 0.3 is 0 Å². The van der Waals surface area contributed by atoms with Gasteiger partial charge in [-0.1, -0.05) is 13.8 Å². The molecular weight excluding hydrogens is 244 g/mol. The van der Waals surface area contributed by atoms with Crippen LogP contribution in [0, 0.1) is 0 Å². The minimum absolute atomic E-state index is 0.0317. The van der Waals surface area contributed by atoms with Crippen LogP contribution in [0.3, 0.4) is 0 Å². The van der Waals surface area contributed by atoms with Crippen molar-refractivity contribution < 1.29 is 9.59 Å². The molecule has 1 N–H and O–H groups in total. The molecule has 0 aliphatic carbocycles. The zero-order valence-electron chi connectivity index (χ0n) is 11.2. The standard InChI is InChI=1S/C13H18N4O2/c1-3-13(4-2)12(19)17(8-11(18)16-13)7-10-5-6-14-9-15-10/h5-6,9H,3-4,7-8H2,1-2H3,(H,16,18). The van der Waals surface area contributed by atoms with Crippen LogP contribution in [-0.4, -0.2) is 38.8 Å². The highest BCUT2D eigenvalue weighted by Gasteiger charge is 2.43. The van der Waals surface area contributed by atoms with E-state index in [0.29, 0.717) is 19.4 Å². The molecule has 0 atom stereocenters. The lowest BCUT2D eigenvalue weighted by atomic mass is 9.89. The normalized spacial score (nSPS) is 18.3. The number of piperazine rings is 1. The molecule has 1 aromatic rings. The topological polar surface area (TPSA) is 75.2 Å². The Morgan fingerprint density at radius 2 is 2.11 bits per heavy atom. The van der Waals surface area contributed by atoms with Crippen molar-refractivity contribution in [3.8, 4) is 0 Å². The van der Waals surface area contributed by atoms with Gasteiger partial charge in [-0.3, -0.25) is 9.59 Å². The number of nitrogens with zero attached hydrogens (tertiary/aromatic N) is 3. The summed E-state index contributed by atoms with van der Waals surface area (Å²) >= 11 is 0. The van der Waals surface area contributed by atoms with Crippen LogP contribution in [0.4, 0.5) is 0 Å². The van der Waals surface area contributed by atoms with Gasteiger partial charge in [-0.05, 0) is 18.9 Å². The minimum Gasteiger partial charge on any atom is -0.340 e. The summed E-state index contributed by atoms with van der Waals surface area (Å²) in [5.74, 6) is -0.145. The fraction of sp³-hybridized carbons (Fsp3) is 0.538. The third kappa shape index (κ3) is 2.57. The lowest BCUT2D eigenvalue weighted by Gasteiger charge is -2.41. The van der Waals surface area contributed by atoms with Crippen molar-refractivity contribution in [1.82, 2.24) is 20.2 Å². The Balaban J connectivity index is 2.21. The molecule has 0 bridgehead atoms. The first kappa shape index (κ1) is 13.5. The van der Waals surface area contributed by atoms with E-state index in [0.717, 1.165) is 5.69 Å². The third-order valence-corrected chi connectivity index (χ3v) is 3.61. The van der Waals surface area contributed by atoms with Crippen molar-refractivity contribution in [1.29, 1.82) is 0 Å². The van der Waals surface area contributed by atoms with Crippen molar-refractivity contribution >= 4 is 11.8 Å². The van der Waals surface area contributed by atoms with Gasteiger partial charge in [0.05, 0.1) is 12.2 Å². The molecule has 1 fully saturated rings. The molecule has 0 aromatic carbocycles. The summed E-state index contributed by atoms with van der Waals surface area (Å²) < 4.78 is 0. The lowest BCUT2D eigenvalue weighted by molar-refractivity contribution is -0.151. The van der Waals surface area contributed by atoms with Gasteiger partial charge in [-0.2, -0.15) is 0 Å². The second-order valence-electron chi connectivity index (χ2n) is 4.70. The molecule has 6 heteroatoms. The average Bonchev–Trinajstić information content (AvgIpc) is 2.44. The summed E-state index contributed by atoms with van der Waals surface area (Å²) in [6, 6.07) is 1.75. The maximum absolute atomic E-state index is 12.5. The number of hydrogen-bond acceptors (Lipinski definition) is 4. The fourth-order valence-corrected chi connectivity index (χ4v) is 2.37. The average molecular weight is 262 g/mol. The number of carbonyl (C=O) groups is 2. The molecule has 1 aromatic heterocycles. The molecule has 1 saturated heterocycles. The van der Waals surface area contributed by atoms with E-state index < -0.39 is 5.54 Å². The fourth-order valence-electron chi connectivity index (χ4n) is 2.37. The highest BCUT2D eigenvalue weighted by molar-refractivity contribution is 5.97. The van der Waals surface area contributed by atoms with Crippen molar-refractivity contribution in [3.63, 3.8) is 0 Å². The second kappa shape index (κ2) is 5.34. The summed E-state index contributed by atoms with van der Waals surface area (Å²) in [6.07, 6.45) is 4.25. The van der Waals surface area contributed by atoms with Crippen LogP contribution in [0.15, 0.2) is 18.6 Å². The SMILES string of the molecule is CCC1(CC)NC(=O)CN(Cc2ccncn2)C1=O. The third-order valence-electron chi connectivity index (χ3n) is 3.61. The number of aromatic nitrogens is 2. The Labute approximate surface area is 112 Å². The van der Waals surface area contributed by atoms with Crippen LogP contribution in [0.1, 0.15) is 32.4 Å². The first-order valence-electron chi connectivity index (χ1n) is 6.46. The maximum Gasteiger partial charge on any atom is 0.249 e. The maximum atomic E-state index is 12.5. The number of hydrogen-bond donors (Lipinski definition) is 1. The zero-order valence-corrected chi connectivity index (χ0v) is 11.2. The Hall–Kier alpha value is -1.98. The van der Waals surface area contributed by atoms with Crippen LogP contribution in [0.25, 0.3) is 0 Å². The first-order chi connectivity index (χ1) is 9.11. The summed E-state index contributed by atoms with van der Waals surface area (Å²) in [6.45, 7) is 4.26. The monoisotopic (exact) mass is 262 g/mol. The number of rotatable bonds is 4. The molecule has 19 heavy (non-hydrogen) atoms. The highest BCUT2D eigenvalue weighted by atomic mass is 16.2. The van der Waals surface area contributed by atoms with Gasteiger partial charge in [-0.15, -0.1) is 0 Å². The molecule has 0 spiro atoms. The predicted molar refractivity (Wildman–Crippen MR) is 68.9 cm³/mol. The number of nitrogens with one attached hydrogen (secondary N) is 1. The lowest BCUT2D eigenvalue weighted by Crippen LogP contribution is -2.65. The van der Waals surface area contributed by atoms with Crippen molar-refractivity contribution in [2.24, 2.45) is 0 Å².